The fourth-order valence-corrected chi connectivity index (χ4v) is 1.05. The lowest BCUT2D eigenvalue weighted by atomic mass is 10.1. The Labute approximate surface area is 81.5 Å². The quantitative estimate of drug-likeness (QED) is 0.550. The van der Waals surface area contributed by atoms with Crippen LogP contribution in [-0.4, -0.2) is 11.6 Å². The average Bonchev–Trinajstić information content (AvgIpc) is 2.17. The van der Waals surface area contributed by atoms with Gasteiger partial charge >= 0.3 is 0 Å². The highest BCUT2D eigenvalue weighted by Gasteiger charge is 2.12. The number of carbonyl (C=O) groups is 2. The Hall–Kier alpha value is -1.15. The Morgan fingerprint density at radius 3 is 2.23 bits per heavy atom. The van der Waals surface area contributed by atoms with E-state index in [9.17, 15) is 9.59 Å². The number of hydrogen-bond acceptors (Lipinski definition) is 2. The Kier molecular flexibility index (Phi) is 3.20. The predicted molar refractivity (Wildman–Crippen MR) is 51.1 cm³/mol. The average molecular weight is 197 g/mol. The van der Waals surface area contributed by atoms with Crippen molar-refractivity contribution in [3.8, 4) is 0 Å². The van der Waals surface area contributed by atoms with E-state index in [1.165, 1.54) is 0 Å². The summed E-state index contributed by atoms with van der Waals surface area (Å²) in [5.74, 6) is -0.818. The molecular weight excluding hydrogens is 188 g/mol. The first-order chi connectivity index (χ1) is 6.15. The lowest BCUT2D eigenvalue weighted by molar-refractivity contribution is -0.114. The highest BCUT2D eigenvalue weighted by atomic mass is 35.5. The summed E-state index contributed by atoms with van der Waals surface area (Å²) in [7, 11) is 0. The normalized spacial score (nSPS) is 9.69. The van der Waals surface area contributed by atoms with Gasteiger partial charge < -0.3 is 0 Å². The summed E-state index contributed by atoms with van der Waals surface area (Å²) in [6.07, 6.45) is 0.238. The van der Waals surface area contributed by atoms with Crippen molar-refractivity contribution in [2.75, 3.05) is 0 Å². The van der Waals surface area contributed by atoms with Gasteiger partial charge in [0.05, 0.1) is 0 Å². The minimum absolute atomic E-state index is 0.238. The van der Waals surface area contributed by atoms with E-state index in [4.69, 9.17) is 11.6 Å². The van der Waals surface area contributed by atoms with Crippen LogP contribution in [0.25, 0.3) is 0 Å². The molecule has 13 heavy (non-hydrogen) atoms. The van der Waals surface area contributed by atoms with E-state index in [2.05, 4.69) is 0 Å². The van der Waals surface area contributed by atoms with Gasteiger partial charge in [-0.25, -0.2) is 0 Å². The van der Waals surface area contributed by atoms with E-state index < -0.39 is 5.78 Å². The predicted octanol–water partition coefficient (Wildman–Crippen LogP) is 2.50. The molecule has 1 aromatic carbocycles. The molecule has 1 aromatic rings. The van der Waals surface area contributed by atoms with E-state index in [1.807, 2.05) is 0 Å². The number of carbonyl (C=O) groups excluding carboxylic acids is 2. The molecule has 0 saturated carbocycles. The van der Waals surface area contributed by atoms with Gasteiger partial charge in [-0.2, -0.15) is 0 Å². The van der Waals surface area contributed by atoms with Crippen LogP contribution in [0.5, 0.6) is 0 Å². The standard InChI is InChI=1S/C10H9ClO2/c1-2-9(12)10(13)7-3-5-8(11)6-4-7/h3-6H,2H2,1H3. The molecule has 0 N–H and O–H groups in total. The first-order valence-electron chi connectivity index (χ1n) is 3.98. The van der Waals surface area contributed by atoms with Crippen molar-refractivity contribution in [3.05, 3.63) is 34.9 Å². The van der Waals surface area contributed by atoms with Crippen molar-refractivity contribution >= 4 is 23.2 Å². The third kappa shape index (κ3) is 2.39. The molecule has 0 unspecified atom stereocenters. The van der Waals surface area contributed by atoms with Crippen molar-refractivity contribution in [2.24, 2.45) is 0 Å². The van der Waals surface area contributed by atoms with Gasteiger partial charge in [0.2, 0.25) is 11.6 Å². The van der Waals surface area contributed by atoms with E-state index >= 15 is 0 Å². The Balaban J connectivity index is 2.90. The Morgan fingerprint density at radius 1 is 1.23 bits per heavy atom. The highest BCUT2D eigenvalue weighted by molar-refractivity contribution is 6.43. The van der Waals surface area contributed by atoms with Gasteiger partial charge in [-0.15, -0.1) is 0 Å². The number of ketones is 2. The fraction of sp³-hybridized carbons (Fsp3) is 0.200. The second-order valence-corrected chi connectivity index (χ2v) is 3.05. The highest BCUT2D eigenvalue weighted by Crippen LogP contribution is 2.10. The Morgan fingerprint density at radius 2 is 1.77 bits per heavy atom. The summed E-state index contributed by atoms with van der Waals surface area (Å²) in [6, 6.07) is 6.30. The van der Waals surface area contributed by atoms with Crippen LogP contribution in [0.15, 0.2) is 24.3 Å². The maximum atomic E-state index is 11.3. The molecule has 68 valence electrons. The number of hydrogen-bond donors (Lipinski definition) is 0. The molecule has 0 spiro atoms. The molecule has 0 fully saturated rings. The number of halogens is 1. The van der Waals surface area contributed by atoms with Crippen LogP contribution in [0.3, 0.4) is 0 Å². The molecule has 0 bridgehead atoms. The van der Waals surface area contributed by atoms with Gasteiger partial charge in [0.25, 0.3) is 0 Å². The van der Waals surface area contributed by atoms with Crippen molar-refractivity contribution in [1.29, 1.82) is 0 Å². The smallest absolute Gasteiger partial charge is 0.228 e. The van der Waals surface area contributed by atoms with Gasteiger partial charge in [-0.1, -0.05) is 18.5 Å². The Bertz CT molecular complexity index is 327. The third-order valence-electron chi connectivity index (χ3n) is 1.68. The van der Waals surface area contributed by atoms with Crippen LogP contribution in [0.1, 0.15) is 23.7 Å². The minimum Gasteiger partial charge on any atom is -0.290 e. The van der Waals surface area contributed by atoms with Crippen molar-refractivity contribution in [3.63, 3.8) is 0 Å². The monoisotopic (exact) mass is 196 g/mol. The van der Waals surface area contributed by atoms with Gasteiger partial charge in [0, 0.05) is 17.0 Å². The molecule has 1 rings (SSSR count). The SMILES string of the molecule is CCC(=O)C(=O)c1ccc(Cl)cc1. The summed E-state index contributed by atoms with van der Waals surface area (Å²) in [6.45, 7) is 1.66. The zero-order chi connectivity index (χ0) is 9.84. The van der Waals surface area contributed by atoms with Gasteiger partial charge in [-0.3, -0.25) is 9.59 Å². The summed E-state index contributed by atoms with van der Waals surface area (Å²) in [5.41, 5.74) is 0.399. The topological polar surface area (TPSA) is 34.1 Å². The molecule has 0 aliphatic rings. The maximum Gasteiger partial charge on any atom is 0.228 e. The summed E-state index contributed by atoms with van der Waals surface area (Å²) in [4.78, 5) is 22.3. The zero-order valence-electron chi connectivity index (χ0n) is 7.21. The second-order valence-electron chi connectivity index (χ2n) is 2.61. The molecule has 0 amide bonds. The molecule has 3 heteroatoms. The van der Waals surface area contributed by atoms with Crippen LogP contribution in [0.4, 0.5) is 0 Å². The van der Waals surface area contributed by atoms with Crippen LogP contribution in [0.2, 0.25) is 5.02 Å². The lowest BCUT2D eigenvalue weighted by Gasteiger charge is -1.97. The zero-order valence-corrected chi connectivity index (χ0v) is 7.97. The molecule has 0 aliphatic heterocycles. The summed E-state index contributed by atoms with van der Waals surface area (Å²) < 4.78 is 0. The molecule has 0 aromatic heterocycles. The van der Waals surface area contributed by atoms with Gasteiger partial charge in [0.15, 0.2) is 0 Å². The van der Waals surface area contributed by atoms with Gasteiger partial charge in [-0.05, 0) is 24.3 Å². The second kappa shape index (κ2) is 4.19. The number of benzene rings is 1. The molecular formula is C10H9ClO2. The summed E-state index contributed by atoms with van der Waals surface area (Å²) >= 11 is 5.63. The van der Waals surface area contributed by atoms with Crippen LogP contribution < -0.4 is 0 Å². The van der Waals surface area contributed by atoms with E-state index in [0.29, 0.717) is 10.6 Å². The van der Waals surface area contributed by atoms with Crippen molar-refractivity contribution in [1.82, 2.24) is 0 Å². The number of Topliss-reactive ketones (excluding diaryl/α,β-unsaturated/α-hetero) is 2. The van der Waals surface area contributed by atoms with Crippen molar-refractivity contribution < 1.29 is 9.59 Å². The van der Waals surface area contributed by atoms with Crippen LogP contribution >= 0.6 is 11.6 Å². The fourth-order valence-electron chi connectivity index (χ4n) is 0.923. The lowest BCUT2D eigenvalue weighted by Crippen LogP contribution is -2.12. The number of rotatable bonds is 3. The van der Waals surface area contributed by atoms with Crippen molar-refractivity contribution in [2.45, 2.75) is 13.3 Å². The van der Waals surface area contributed by atoms with Crippen LogP contribution in [-0.2, 0) is 4.79 Å². The van der Waals surface area contributed by atoms with E-state index in [-0.39, 0.29) is 12.2 Å². The third-order valence-corrected chi connectivity index (χ3v) is 1.93. The van der Waals surface area contributed by atoms with Crippen LogP contribution in [0, 0.1) is 0 Å². The molecule has 2 nitrogen and oxygen atoms in total. The van der Waals surface area contributed by atoms with Gasteiger partial charge in [0.1, 0.15) is 0 Å². The maximum absolute atomic E-state index is 11.3. The molecule has 0 saturated heterocycles. The largest absolute Gasteiger partial charge is 0.290 e. The summed E-state index contributed by atoms with van der Waals surface area (Å²) in [5, 5.41) is 0.556. The van der Waals surface area contributed by atoms with E-state index in [0.717, 1.165) is 0 Å². The molecule has 0 atom stereocenters. The minimum atomic E-state index is -0.445. The van der Waals surface area contributed by atoms with E-state index in [1.54, 1.807) is 31.2 Å². The first kappa shape index (κ1) is 9.93. The first-order valence-corrected chi connectivity index (χ1v) is 4.36. The molecule has 0 radical (unpaired) electrons. The molecule has 0 heterocycles. The molecule has 0 aliphatic carbocycles.